The Bertz CT molecular complexity index is 625. The van der Waals surface area contributed by atoms with Crippen LogP contribution in [-0.2, 0) is 5.60 Å². The van der Waals surface area contributed by atoms with Crippen molar-refractivity contribution < 1.29 is 9.90 Å². The van der Waals surface area contributed by atoms with Crippen molar-refractivity contribution in [1.82, 2.24) is 9.97 Å². The van der Waals surface area contributed by atoms with Crippen LogP contribution in [0.5, 0.6) is 0 Å². The molecule has 0 radical (unpaired) electrons. The molecule has 0 fully saturated rings. The Balaban J connectivity index is 0.000000211. The van der Waals surface area contributed by atoms with Gasteiger partial charge in [0.2, 0.25) is 0 Å². The summed E-state index contributed by atoms with van der Waals surface area (Å²) in [6.45, 7) is 4.98. The highest BCUT2D eigenvalue weighted by Crippen LogP contribution is 2.21. The van der Waals surface area contributed by atoms with Gasteiger partial charge in [-0.25, -0.2) is 0 Å². The van der Waals surface area contributed by atoms with E-state index in [-0.39, 0.29) is 5.78 Å². The number of ketones is 1. The maximum Gasteiger partial charge on any atom is 0.161 e. The van der Waals surface area contributed by atoms with Crippen LogP contribution < -0.4 is 0 Å². The van der Waals surface area contributed by atoms with Gasteiger partial charge in [0.05, 0.1) is 5.60 Å². The van der Waals surface area contributed by atoms with Crippen LogP contribution in [0.1, 0.15) is 36.7 Å². The number of halogens is 2. The second-order valence-corrected chi connectivity index (χ2v) is 6.73. The standard InChI is InChI=1S/C8H10BrNO.C7H6BrNO/c1-8(2,11)6-3-7(9)5-10-4-6;1-5(10)6-2-7(8)4-9-3-6/h3-5,11H,1-2H3;2-4H,1H3. The molecule has 2 aromatic heterocycles. The lowest BCUT2D eigenvalue weighted by Crippen LogP contribution is -2.15. The number of hydrogen-bond donors (Lipinski definition) is 1. The van der Waals surface area contributed by atoms with E-state index in [1.807, 2.05) is 6.07 Å². The summed E-state index contributed by atoms with van der Waals surface area (Å²) in [5.74, 6) is 0.0359. The zero-order valence-corrected chi connectivity index (χ0v) is 15.1. The topological polar surface area (TPSA) is 63.1 Å². The second kappa shape index (κ2) is 7.77. The van der Waals surface area contributed by atoms with Gasteiger partial charge in [0, 0.05) is 44.9 Å². The monoisotopic (exact) mass is 414 g/mol. The minimum Gasteiger partial charge on any atom is -0.386 e. The molecule has 0 aliphatic carbocycles. The van der Waals surface area contributed by atoms with E-state index in [2.05, 4.69) is 41.8 Å². The third-order valence-corrected chi connectivity index (χ3v) is 3.39. The largest absolute Gasteiger partial charge is 0.386 e. The maximum atomic E-state index is 10.7. The zero-order chi connectivity index (χ0) is 16.0. The third-order valence-electron chi connectivity index (χ3n) is 2.52. The lowest BCUT2D eigenvalue weighted by molar-refractivity contribution is 0.0781. The zero-order valence-electron chi connectivity index (χ0n) is 12.0. The van der Waals surface area contributed by atoms with Gasteiger partial charge in [-0.2, -0.15) is 0 Å². The smallest absolute Gasteiger partial charge is 0.161 e. The van der Waals surface area contributed by atoms with Gasteiger partial charge in [-0.1, -0.05) is 0 Å². The van der Waals surface area contributed by atoms with E-state index >= 15 is 0 Å². The molecule has 0 aliphatic heterocycles. The third kappa shape index (κ3) is 6.46. The highest BCUT2D eigenvalue weighted by Gasteiger charge is 2.15. The molecule has 0 aromatic carbocycles. The number of rotatable bonds is 2. The highest BCUT2D eigenvalue weighted by atomic mass is 79.9. The van der Waals surface area contributed by atoms with E-state index in [4.69, 9.17) is 0 Å². The van der Waals surface area contributed by atoms with Crippen molar-refractivity contribution in [2.24, 2.45) is 0 Å². The molecular weight excluding hydrogens is 400 g/mol. The molecule has 21 heavy (non-hydrogen) atoms. The fourth-order valence-corrected chi connectivity index (χ4v) is 2.08. The fourth-order valence-electron chi connectivity index (χ4n) is 1.35. The van der Waals surface area contributed by atoms with Crippen LogP contribution in [-0.4, -0.2) is 20.9 Å². The predicted molar refractivity (Wildman–Crippen MR) is 89.1 cm³/mol. The van der Waals surface area contributed by atoms with E-state index in [0.717, 1.165) is 14.5 Å². The minimum atomic E-state index is -0.809. The number of aliphatic hydroxyl groups is 1. The van der Waals surface area contributed by atoms with E-state index in [1.165, 1.54) is 6.92 Å². The van der Waals surface area contributed by atoms with Crippen molar-refractivity contribution in [3.05, 3.63) is 57.0 Å². The Hall–Kier alpha value is -1.11. The van der Waals surface area contributed by atoms with Gasteiger partial charge in [-0.15, -0.1) is 0 Å². The molecule has 0 unspecified atom stereocenters. The van der Waals surface area contributed by atoms with Gasteiger partial charge in [-0.05, 0) is 64.8 Å². The van der Waals surface area contributed by atoms with Crippen LogP contribution in [0.15, 0.2) is 45.9 Å². The molecular formula is C15H16Br2N2O2. The van der Waals surface area contributed by atoms with Gasteiger partial charge in [0.25, 0.3) is 0 Å². The Labute approximate surface area is 140 Å². The maximum absolute atomic E-state index is 10.7. The SMILES string of the molecule is CC(=O)c1cncc(Br)c1.CC(C)(O)c1cncc(Br)c1. The molecule has 0 atom stereocenters. The van der Waals surface area contributed by atoms with Gasteiger partial charge in [-0.3, -0.25) is 14.8 Å². The van der Waals surface area contributed by atoms with Crippen molar-refractivity contribution >= 4 is 37.6 Å². The van der Waals surface area contributed by atoms with Crippen LogP contribution in [0.25, 0.3) is 0 Å². The molecule has 6 heteroatoms. The molecule has 4 nitrogen and oxygen atoms in total. The van der Waals surface area contributed by atoms with Gasteiger partial charge < -0.3 is 5.11 Å². The molecule has 2 aromatic rings. The number of Topliss-reactive ketones (excluding diaryl/α,β-unsaturated/α-hetero) is 1. The molecule has 0 aliphatic rings. The number of aromatic nitrogens is 2. The van der Waals surface area contributed by atoms with E-state index in [9.17, 15) is 9.90 Å². The molecule has 2 heterocycles. The molecule has 0 saturated carbocycles. The summed E-state index contributed by atoms with van der Waals surface area (Å²) in [7, 11) is 0. The number of carbonyl (C=O) groups is 1. The highest BCUT2D eigenvalue weighted by molar-refractivity contribution is 9.10. The molecule has 0 saturated heterocycles. The van der Waals surface area contributed by atoms with Gasteiger partial charge in [0.1, 0.15) is 0 Å². The van der Waals surface area contributed by atoms with E-state index in [0.29, 0.717) is 5.56 Å². The summed E-state index contributed by atoms with van der Waals surface area (Å²) < 4.78 is 1.72. The molecule has 2 rings (SSSR count). The van der Waals surface area contributed by atoms with Crippen LogP contribution in [0.3, 0.4) is 0 Å². The lowest BCUT2D eigenvalue weighted by atomic mass is 10.0. The Morgan fingerprint density at radius 1 is 1.05 bits per heavy atom. The Morgan fingerprint density at radius 3 is 1.90 bits per heavy atom. The summed E-state index contributed by atoms with van der Waals surface area (Å²) in [5, 5.41) is 9.55. The molecule has 0 spiro atoms. The van der Waals surface area contributed by atoms with Crippen molar-refractivity contribution in [3.63, 3.8) is 0 Å². The Kier molecular flexibility index (Phi) is 6.64. The molecule has 1 N–H and O–H groups in total. The normalized spacial score (nSPS) is 10.6. The first-order valence-electron chi connectivity index (χ1n) is 6.15. The number of nitrogens with zero attached hydrogens (tertiary/aromatic N) is 2. The quantitative estimate of drug-likeness (QED) is 0.749. The predicted octanol–water partition coefficient (Wildman–Crippen LogP) is 4.12. The van der Waals surface area contributed by atoms with Gasteiger partial charge >= 0.3 is 0 Å². The summed E-state index contributed by atoms with van der Waals surface area (Å²) in [6, 6.07) is 3.60. The first kappa shape index (κ1) is 17.9. The average molecular weight is 416 g/mol. The van der Waals surface area contributed by atoms with Crippen LogP contribution in [0, 0.1) is 0 Å². The number of pyridine rings is 2. The van der Waals surface area contributed by atoms with Crippen LogP contribution in [0.4, 0.5) is 0 Å². The molecule has 0 bridgehead atoms. The van der Waals surface area contributed by atoms with Crippen LogP contribution >= 0.6 is 31.9 Å². The van der Waals surface area contributed by atoms with Crippen molar-refractivity contribution in [2.75, 3.05) is 0 Å². The summed E-state index contributed by atoms with van der Waals surface area (Å²) in [4.78, 5) is 18.5. The van der Waals surface area contributed by atoms with Crippen LogP contribution in [0.2, 0.25) is 0 Å². The minimum absolute atomic E-state index is 0.0359. The van der Waals surface area contributed by atoms with E-state index in [1.54, 1.807) is 44.7 Å². The summed E-state index contributed by atoms with van der Waals surface area (Å²) >= 11 is 6.50. The van der Waals surface area contributed by atoms with Crippen molar-refractivity contribution in [1.29, 1.82) is 0 Å². The number of hydrogen-bond acceptors (Lipinski definition) is 4. The fraction of sp³-hybridized carbons (Fsp3) is 0.267. The van der Waals surface area contributed by atoms with Crippen molar-refractivity contribution in [3.8, 4) is 0 Å². The van der Waals surface area contributed by atoms with Crippen molar-refractivity contribution in [2.45, 2.75) is 26.4 Å². The molecule has 112 valence electrons. The average Bonchev–Trinajstić information content (AvgIpc) is 2.38. The summed E-state index contributed by atoms with van der Waals surface area (Å²) in [6.07, 6.45) is 6.54. The van der Waals surface area contributed by atoms with Gasteiger partial charge in [0.15, 0.2) is 5.78 Å². The summed E-state index contributed by atoms with van der Waals surface area (Å²) in [5.41, 5.74) is 0.637. The number of carbonyl (C=O) groups excluding carboxylic acids is 1. The van der Waals surface area contributed by atoms with E-state index < -0.39 is 5.60 Å². The second-order valence-electron chi connectivity index (χ2n) is 4.90. The lowest BCUT2D eigenvalue weighted by Gasteiger charge is -2.16. The first-order chi connectivity index (χ1) is 9.70. The Morgan fingerprint density at radius 2 is 1.57 bits per heavy atom. The molecule has 0 amide bonds. The first-order valence-corrected chi connectivity index (χ1v) is 7.73.